The molecule has 4 heterocycles. The topological polar surface area (TPSA) is 51.8 Å². The summed E-state index contributed by atoms with van der Waals surface area (Å²) in [7, 11) is 0. The van der Waals surface area contributed by atoms with Crippen LogP contribution in [0.15, 0.2) is 49.4 Å². The maximum atomic E-state index is 4.63. The summed E-state index contributed by atoms with van der Waals surface area (Å²) in [6.45, 7) is 4.70. The van der Waals surface area contributed by atoms with Crippen LogP contribution in [0.2, 0.25) is 0 Å². The van der Waals surface area contributed by atoms with E-state index in [1.54, 1.807) is 0 Å². The number of imidazole rings is 2. The summed E-state index contributed by atoms with van der Waals surface area (Å²) in [6, 6.07) is 6.10. The standard InChI is InChI=1S/C17H20N6/c1-2-5-19-15(4-1)10-21-7-3-8-23-14-20-16(17(23)12-21)11-22-9-6-18-13-22/h1-2,4-6,9,13-14H,3,7-8,10-12H2. The molecule has 23 heavy (non-hydrogen) atoms. The van der Waals surface area contributed by atoms with E-state index in [1.807, 2.05) is 37.3 Å². The molecule has 0 unspecified atom stereocenters. The Balaban J connectivity index is 1.54. The van der Waals surface area contributed by atoms with Gasteiger partial charge in [-0.3, -0.25) is 9.88 Å². The summed E-state index contributed by atoms with van der Waals surface area (Å²) in [5.41, 5.74) is 3.57. The predicted molar refractivity (Wildman–Crippen MR) is 86.5 cm³/mol. The van der Waals surface area contributed by atoms with Gasteiger partial charge in [0.25, 0.3) is 0 Å². The lowest BCUT2D eigenvalue weighted by molar-refractivity contribution is 0.257. The Bertz CT molecular complexity index is 747. The third kappa shape index (κ3) is 3.17. The maximum Gasteiger partial charge on any atom is 0.0952 e. The molecule has 0 bridgehead atoms. The fourth-order valence-electron chi connectivity index (χ4n) is 3.12. The highest BCUT2D eigenvalue weighted by Gasteiger charge is 2.19. The Morgan fingerprint density at radius 2 is 2.00 bits per heavy atom. The van der Waals surface area contributed by atoms with Gasteiger partial charge < -0.3 is 9.13 Å². The molecule has 6 heteroatoms. The third-order valence-electron chi connectivity index (χ3n) is 4.28. The van der Waals surface area contributed by atoms with E-state index in [0.29, 0.717) is 0 Å². The van der Waals surface area contributed by atoms with Crippen molar-refractivity contribution >= 4 is 0 Å². The molecule has 4 rings (SSSR count). The highest BCUT2D eigenvalue weighted by atomic mass is 15.2. The zero-order valence-electron chi connectivity index (χ0n) is 13.0. The number of hydrogen-bond acceptors (Lipinski definition) is 4. The molecule has 0 atom stereocenters. The normalized spacial score (nSPS) is 15.3. The van der Waals surface area contributed by atoms with Crippen molar-refractivity contribution in [1.29, 1.82) is 0 Å². The Morgan fingerprint density at radius 1 is 1.00 bits per heavy atom. The first-order valence-corrected chi connectivity index (χ1v) is 7.99. The second-order valence-electron chi connectivity index (χ2n) is 5.95. The van der Waals surface area contributed by atoms with Crippen LogP contribution < -0.4 is 0 Å². The number of pyridine rings is 1. The summed E-state index contributed by atoms with van der Waals surface area (Å²) in [6.07, 6.45) is 10.6. The largest absolute Gasteiger partial charge is 0.333 e. The predicted octanol–water partition coefficient (Wildman–Crippen LogP) is 1.93. The fraction of sp³-hybridized carbons (Fsp3) is 0.353. The minimum Gasteiger partial charge on any atom is -0.333 e. The SMILES string of the molecule is c1ccc(CN2CCCn3cnc(Cn4ccnc4)c3C2)nc1. The Morgan fingerprint density at radius 3 is 2.83 bits per heavy atom. The van der Waals surface area contributed by atoms with Crippen LogP contribution in [0.3, 0.4) is 0 Å². The molecule has 0 N–H and O–H groups in total. The number of nitrogens with zero attached hydrogens (tertiary/aromatic N) is 6. The number of fused-ring (bicyclic) bond motifs is 1. The molecule has 1 aliphatic rings. The molecule has 0 saturated carbocycles. The van der Waals surface area contributed by atoms with E-state index in [9.17, 15) is 0 Å². The van der Waals surface area contributed by atoms with Crippen LogP contribution in [0.25, 0.3) is 0 Å². The number of aryl methyl sites for hydroxylation is 1. The lowest BCUT2D eigenvalue weighted by Gasteiger charge is -2.19. The van der Waals surface area contributed by atoms with E-state index in [1.165, 1.54) is 5.69 Å². The van der Waals surface area contributed by atoms with Gasteiger partial charge >= 0.3 is 0 Å². The van der Waals surface area contributed by atoms with Crippen LogP contribution in [0, 0.1) is 0 Å². The number of aromatic nitrogens is 5. The van der Waals surface area contributed by atoms with E-state index in [2.05, 4.69) is 41.1 Å². The van der Waals surface area contributed by atoms with Crippen LogP contribution in [-0.2, 0) is 26.2 Å². The molecule has 1 aliphatic heterocycles. The molecule has 118 valence electrons. The van der Waals surface area contributed by atoms with E-state index >= 15 is 0 Å². The van der Waals surface area contributed by atoms with Gasteiger partial charge in [0.1, 0.15) is 0 Å². The summed E-state index contributed by atoms with van der Waals surface area (Å²) in [4.78, 5) is 15.7. The second kappa shape index (κ2) is 6.34. The lowest BCUT2D eigenvalue weighted by atomic mass is 10.2. The van der Waals surface area contributed by atoms with Gasteiger partial charge in [-0.2, -0.15) is 0 Å². The van der Waals surface area contributed by atoms with E-state index in [4.69, 9.17) is 0 Å². The van der Waals surface area contributed by atoms with Crippen molar-refractivity contribution in [2.75, 3.05) is 6.54 Å². The molecule has 0 aliphatic carbocycles. The van der Waals surface area contributed by atoms with Crippen molar-refractivity contribution < 1.29 is 0 Å². The highest BCUT2D eigenvalue weighted by molar-refractivity contribution is 5.15. The van der Waals surface area contributed by atoms with Crippen molar-refractivity contribution in [3.05, 3.63) is 66.5 Å². The summed E-state index contributed by atoms with van der Waals surface area (Å²) in [5, 5.41) is 0. The molecule has 0 aromatic carbocycles. The maximum absolute atomic E-state index is 4.63. The quantitative estimate of drug-likeness (QED) is 0.739. The molecular weight excluding hydrogens is 288 g/mol. The van der Waals surface area contributed by atoms with Gasteiger partial charge in [0.2, 0.25) is 0 Å². The molecule has 0 amide bonds. The Hall–Kier alpha value is -2.47. The number of rotatable bonds is 4. The van der Waals surface area contributed by atoms with Gasteiger partial charge in [-0.15, -0.1) is 0 Å². The molecule has 0 saturated heterocycles. The Kier molecular flexibility index (Phi) is 3.90. The summed E-state index contributed by atoms with van der Waals surface area (Å²) < 4.78 is 4.36. The average molecular weight is 308 g/mol. The van der Waals surface area contributed by atoms with Gasteiger partial charge in [-0.25, -0.2) is 9.97 Å². The molecule has 3 aromatic rings. The van der Waals surface area contributed by atoms with Crippen molar-refractivity contribution in [3.8, 4) is 0 Å². The minimum atomic E-state index is 0.778. The zero-order chi connectivity index (χ0) is 15.5. The van der Waals surface area contributed by atoms with Crippen LogP contribution in [0.1, 0.15) is 23.5 Å². The summed E-state index contributed by atoms with van der Waals surface area (Å²) in [5.74, 6) is 0. The van der Waals surface area contributed by atoms with Gasteiger partial charge in [-0.05, 0) is 18.6 Å². The summed E-state index contributed by atoms with van der Waals surface area (Å²) >= 11 is 0. The highest BCUT2D eigenvalue weighted by Crippen LogP contribution is 2.18. The van der Waals surface area contributed by atoms with Crippen molar-refractivity contribution in [2.24, 2.45) is 0 Å². The molecular formula is C17H20N6. The molecule has 6 nitrogen and oxygen atoms in total. The molecule has 0 spiro atoms. The smallest absolute Gasteiger partial charge is 0.0952 e. The third-order valence-corrected chi connectivity index (χ3v) is 4.28. The first-order valence-electron chi connectivity index (χ1n) is 7.99. The average Bonchev–Trinajstić information content (AvgIpc) is 3.16. The van der Waals surface area contributed by atoms with Gasteiger partial charge in [0.15, 0.2) is 0 Å². The molecule has 3 aromatic heterocycles. The van der Waals surface area contributed by atoms with Crippen LogP contribution >= 0.6 is 0 Å². The zero-order valence-corrected chi connectivity index (χ0v) is 13.0. The first-order chi connectivity index (χ1) is 11.4. The first kappa shape index (κ1) is 14.1. The lowest BCUT2D eigenvalue weighted by Crippen LogP contribution is -2.24. The minimum absolute atomic E-state index is 0.778. The van der Waals surface area contributed by atoms with E-state index in [-0.39, 0.29) is 0 Å². The van der Waals surface area contributed by atoms with Crippen molar-refractivity contribution in [3.63, 3.8) is 0 Å². The Labute approximate surface area is 135 Å². The van der Waals surface area contributed by atoms with Crippen LogP contribution in [-0.4, -0.2) is 35.5 Å². The van der Waals surface area contributed by atoms with Crippen LogP contribution in [0.5, 0.6) is 0 Å². The monoisotopic (exact) mass is 308 g/mol. The van der Waals surface area contributed by atoms with Gasteiger partial charge in [-0.1, -0.05) is 6.07 Å². The van der Waals surface area contributed by atoms with Crippen LogP contribution in [0.4, 0.5) is 0 Å². The van der Waals surface area contributed by atoms with Gasteiger partial charge in [0.05, 0.1) is 36.3 Å². The molecule has 0 fully saturated rings. The fourth-order valence-corrected chi connectivity index (χ4v) is 3.12. The second-order valence-corrected chi connectivity index (χ2v) is 5.95. The van der Waals surface area contributed by atoms with Crippen molar-refractivity contribution in [2.45, 2.75) is 32.6 Å². The van der Waals surface area contributed by atoms with E-state index in [0.717, 1.165) is 50.5 Å². The van der Waals surface area contributed by atoms with Crippen molar-refractivity contribution in [1.82, 2.24) is 29.0 Å². The van der Waals surface area contributed by atoms with Gasteiger partial charge in [0, 0.05) is 44.8 Å². The molecule has 0 radical (unpaired) electrons. The number of hydrogen-bond donors (Lipinski definition) is 0. The van der Waals surface area contributed by atoms with E-state index < -0.39 is 0 Å².